The van der Waals surface area contributed by atoms with E-state index < -0.39 is 11.2 Å². The third-order valence-corrected chi connectivity index (χ3v) is 4.48. The standard InChI is InChI=1S/C14H11F3N2OS/c15-14(16,17)13-19-7-12(21-13)11(20)5-8-6-18-10-4-2-1-3-9(8)10/h1-4,7-8,18H,5-6H2. The van der Waals surface area contributed by atoms with Crippen LogP contribution in [0, 0.1) is 0 Å². The summed E-state index contributed by atoms with van der Waals surface area (Å²) in [6, 6.07) is 7.64. The second kappa shape index (κ2) is 5.14. The quantitative estimate of drug-likeness (QED) is 0.873. The van der Waals surface area contributed by atoms with Gasteiger partial charge in [-0.05, 0) is 11.6 Å². The van der Waals surface area contributed by atoms with Crippen LogP contribution in [0.2, 0.25) is 0 Å². The second-order valence-electron chi connectivity index (χ2n) is 4.82. The third-order valence-electron chi connectivity index (χ3n) is 3.39. The van der Waals surface area contributed by atoms with Crippen molar-refractivity contribution in [2.24, 2.45) is 0 Å². The Morgan fingerprint density at radius 2 is 2.14 bits per heavy atom. The number of thiazole rings is 1. The summed E-state index contributed by atoms with van der Waals surface area (Å²) in [6.07, 6.45) is -3.29. The van der Waals surface area contributed by atoms with E-state index >= 15 is 0 Å². The van der Waals surface area contributed by atoms with Crippen LogP contribution in [-0.2, 0) is 6.18 Å². The van der Waals surface area contributed by atoms with E-state index in [0.717, 1.165) is 17.4 Å². The number of hydrogen-bond donors (Lipinski definition) is 1. The summed E-state index contributed by atoms with van der Waals surface area (Å²) in [5.74, 6) is -0.309. The van der Waals surface area contributed by atoms with E-state index in [-0.39, 0.29) is 23.0 Å². The Kier molecular flexibility index (Phi) is 3.44. The van der Waals surface area contributed by atoms with Gasteiger partial charge in [0.05, 0.1) is 4.88 Å². The first-order valence-corrected chi connectivity index (χ1v) is 7.16. The minimum Gasteiger partial charge on any atom is -0.384 e. The molecule has 0 spiro atoms. The predicted molar refractivity (Wildman–Crippen MR) is 73.7 cm³/mol. The molecule has 1 aliphatic rings. The lowest BCUT2D eigenvalue weighted by molar-refractivity contribution is -0.137. The Hall–Kier alpha value is -1.89. The van der Waals surface area contributed by atoms with E-state index in [1.54, 1.807) is 0 Å². The van der Waals surface area contributed by atoms with Gasteiger partial charge in [0.1, 0.15) is 0 Å². The summed E-state index contributed by atoms with van der Waals surface area (Å²) >= 11 is 0.407. The van der Waals surface area contributed by atoms with E-state index in [1.165, 1.54) is 0 Å². The van der Waals surface area contributed by atoms with Gasteiger partial charge in [0.25, 0.3) is 0 Å². The molecule has 3 rings (SSSR count). The molecule has 7 heteroatoms. The van der Waals surface area contributed by atoms with Crippen molar-refractivity contribution in [3.63, 3.8) is 0 Å². The van der Waals surface area contributed by atoms with Gasteiger partial charge in [-0.3, -0.25) is 4.79 Å². The monoisotopic (exact) mass is 312 g/mol. The van der Waals surface area contributed by atoms with E-state index in [0.29, 0.717) is 17.9 Å². The lowest BCUT2D eigenvalue weighted by Gasteiger charge is -2.07. The molecule has 2 aromatic rings. The number of nitrogens with zero attached hydrogens (tertiary/aromatic N) is 1. The van der Waals surface area contributed by atoms with Crippen LogP contribution in [0.5, 0.6) is 0 Å². The highest BCUT2D eigenvalue weighted by atomic mass is 32.1. The molecule has 1 aromatic carbocycles. The van der Waals surface area contributed by atoms with E-state index in [4.69, 9.17) is 0 Å². The third kappa shape index (κ3) is 2.78. The van der Waals surface area contributed by atoms with Crippen molar-refractivity contribution in [3.8, 4) is 0 Å². The number of para-hydroxylation sites is 1. The predicted octanol–water partition coefficient (Wildman–Crippen LogP) is 3.94. The number of carbonyl (C=O) groups is 1. The Balaban J connectivity index is 1.75. The molecule has 3 nitrogen and oxygen atoms in total. The number of ketones is 1. The van der Waals surface area contributed by atoms with Crippen LogP contribution in [0.15, 0.2) is 30.5 Å². The number of nitrogens with one attached hydrogen (secondary N) is 1. The maximum absolute atomic E-state index is 12.5. The summed E-state index contributed by atoms with van der Waals surface area (Å²) in [6.45, 7) is 0.621. The van der Waals surface area contributed by atoms with Crippen molar-refractivity contribution >= 4 is 22.8 Å². The van der Waals surface area contributed by atoms with Gasteiger partial charge in [-0.25, -0.2) is 4.98 Å². The number of rotatable bonds is 3. The number of anilines is 1. The molecule has 0 bridgehead atoms. The first-order valence-electron chi connectivity index (χ1n) is 6.34. The molecule has 0 saturated heterocycles. The number of benzene rings is 1. The lowest BCUT2D eigenvalue weighted by Crippen LogP contribution is -2.08. The van der Waals surface area contributed by atoms with Crippen molar-refractivity contribution in [1.29, 1.82) is 0 Å². The Bertz CT molecular complexity index is 681. The van der Waals surface area contributed by atoms with Gasteiger partial charge < -0.3 is 5.32 Å². The number of halogens is 3. The van der Waals surface area contributed by atoms with E-state index in [1.807, 2.05) is 24.3 Å². The number of Topliss-reactive ketones (excluding diaryl/α,β-unsaturated/α-hetero) is 1. The zero-order chi connectivity index (χ0) is 15.0. The molecule has 1 aliphatic heterocycles. The molecule has 110 valence electrons. The van der Waals surface area contributed by atoms with E-state index in [9.17, 15) is 18.0 Å². The molecular formula is C14H11F3N2OS. The van der Waals surface area contributed by atoms with Crippen LogP contribution in [0.3, 0.4) is 0 Å². The van der Waals surface area contributed by atoms with Crippen LogP contribution in [0.4, 0.5) is 18.9 Å². The molecule has 1 aromatic heterocycles. The summed E-state index contributed by atoms with van der Waals surface area (Å²) in [4.78, 5) is 15.5. The van der Waals surface area contributed by atoms with Gasteiger partial charge >= 0.3 is 6.18 Å². The van der Waals surface area contributed by atoms with Crippen molar-refractivity contribution in [2.75, 3.05) is 11.9 Å². The fourth-order valence-electron chi connectivity index (χ4n) is 2.40. The SMILES string of the molecule is O=C(CC1CNc2ccccc21)c1cnc(C(F)(F)F)s1. The molecule has 2 heterocycles. The largest absolute Gasteiger partial charge is 0.443 e. The zero-order valence-corrected chi connectivity index (χ0v) is 11.6. The first kappa shape index (κ1) is 14.1. The lowest BCUT2D eigenvalue weighted by atomic mass is 9.95. The highest BCUT2D eigenvalue weighted by Gasteiger charge is 2.35. The molecule has 0 radical (unpaired) electrons. The fraction of sp³-hybridized carbons (Fsp3) is 0.286. The molecule has 0 aliphatic carbocycles. The summed E-state index contributed by atoms with van der Waals surface area (Å²) in [7, 11) is 0. The van der Waals surface area contributed by atoms with Gasteiger partial charge in [0.2, 0.25) is 0 Å². The summed E-state index contributed by atoms with van der Waals surface area (Å²) in [5.41, 5.74) is 2.02. The number of carbonyl (C=O) groups excluding carboxylic acids is 1. The van der Waals surface area contributed by atoms with Crippen LogP contribution >= 0.6 is 11.3 Å². The van der Waals surface area contributed by atoms with Gasteiger partial charge in [-0.15, -0.1) is 11.3 Å². The molecule has 0 fully saturated rings. The minimum atomic E-state index is -4.50. The number of fused-ring (bicyclic) bond motifs is 1. The van der Waals surface area contributed by atoms with Crippen molar-refractivity contribution in [2.45, 2.75) is 18.5 Å². The summed E-state index contributed by atoms with van der Waals surface area (Å²) in [5, 5.41) is 2.22. The van der Waals surface area contributed by atoms with Crippen LogP contribution < -0.4 is 5.32 Å². The topological polar surface area (TPSA) is 42.0 Å². The molecular weight excluding hydrogens is 301 g/mol. The van der Waals surface area contributed by atoms with Gasteiger partial charge in [-0.2, -0.15) is 13.2 Å². The Morgan fingerprint density at radius 1 is 1.38 bits per heavy atom. The zero-order valence-electron chi connectivity index (χ0n) is 10.8. The molecule has 0 saturated carbocycles. The maximum Gasteiger partial charge on any atom is 0.443 e. The van der Waals surface area contributed by atoms with Crippen LogP contribution in [-0.4, -0.2) is 17.3 Å². The second-order valence-corrected chi connectivity index (χ2v) is 5.85. The first-order chi connectivity index (χ1) is 9.95. The average molecular weight is 312 g/mol. The molecule has 1 N–H and O–H groups in total. The van der Waals surface area contributed by atoms with Gasteiger partial charge in [0.15, 0.2) is 10.8 Å². The smallest absolute Gasteiger partial charge is 0.384 e. The Morgan fingerprint density at radius 3 is 2.86 bits per heavy atom. The number of hydrogen-bond acceptors (Lipinski definition) is 4. The molecule has 1 atom stereocenters. The minimum absolute atomic E-state index is 0.00913. The number of alkyl halides is 3. The molecule has 1 unspecified atom stereocenters. The van der Waals surface area contributed by atoms with E-state index in [2.05, 4.69) is 10.3 Å². The van der Waals surface area contributed by atoms with Crippen molar-refractivity contribution < 1.29 is 18.0 Å². The summed E-state index contributed by atoms with van der Waals surface area (Å²) < 4.78 is 37.5. The van der Waals surface area contributed by atoms with Crippen molar-refractivity contribution in [3.05, 3.63) is 45.9 Å². The van der Waals surface area contributed by atoms with Gasteiger partial charge in [-0.1, -0.05) is 18.2 Å². The van der Waals surface area contributed by atoms with Crippen molar-refractivity contribution in [1.82, 2.24) is 4.98 Å². The normalized spacial score (nSPS) is 17.4. The molecule has 0 amide bonds. The fourth-order valence-corrected chi connectivity index (χ4v) is 3.13. The number of aromatic nitrogens is 1. The average Bonchev–Trinajstić information content (AvgIpc) is 3.05. The molecule has 21 heavy (non-hydrogen) atoms. The Labute approximate surface area is 122 Å². The van der Waals surface area contributed by atoms with Crippen LogP contribution in [0.25, 0.3) is 0 Å². The van der Waals surface area contributed by atoms with Crippen LogP contribution in [0.1, 0.15) is 32.6 Å². The maximum atomic E-state index is 12.5. The van der Waals surface area contributed by atoms with Gasteiger partial charge in [0, 0.05) is 30.8 Å². The highest BCUT2D eigenvalue weighted by Crippen LogP contribution is 2.36. The highest BCUT2D eigenvalue weighted by molar-refractivity contribution is 7.13.